The molecule has 0 spiro atoms. The summed E-state index contributed by atoms with van der Waals surface area (Å²) in [6, 6.07) is 4.07. The number of hydrogen-bond donors (Lipinski definition) is 1. The molecule has 0 aromatic carbocycles. The van der Waals surface area contributed by atoms with Gasteiger partial charge in [-0.1, -0.05) is 27.7 Å². The fourth-order valence-electron chi connectivity index (χ4n) is 1.53. The van der Waals surface area contributed by atoms with E-state index >= 15 is 0 Å². The van der Waals surface area contributed by atoms with Crippen molar-refractivity contribution in [3.63, 3.8) is 0 Å². The summed E-state index contributed by atoms with van der Waals surface area (Å²) in [6.07, 6.45) is 3.85. The van der Waals surface area contributed by atoms with Gasteiger partial charge in [0.2, 0.25) is 0 Å². The zero-order valence-corrected chi connectivity index (χ0v) is 13.2. The van der Waals surface area contributed by atoms with Gasteiger partial charge in [0.15, 0.2) is 0 Å². The molecule has 19 heavy (non-hydrogen) atoms. The van der Waals surface area contributed by atoms with Crippen molar-refractivity contribution >= 4 is 5.82 Å². The van der Waals surface area contributed by atoms with Crippen LogP contribution < -0.4 is 5.32 Å². The van der Waals surface area contributed by atoms with Gasteiger partial charge in [-0.25, -0.2) is 4.98 Å². The van der Waals surface area contributed by atoms with E-state index in [1.54, 1.807) is 4.68 Å². The quantitative estimate of drug-likeness (QED) is 0.893. The van der Waals surface area contributed by atoms with Crippen LogP contribution in [0, 0.1) is 6.92 Å². The Balaban J connectivity index is 0.000000741. The molecule has 0 saturated carbocycles. The maximum Gasteiger partial charge on any atom is 0.126 e. The van der Waals surface area contributed by atoms with E-state index in [0.717, 1.165) is 22.6 Å². The van der Waals surface area contributed by atoms with E-state index in [2.05, 4.69) is 21.5 Å². The van der Waals surface area contributed by atoms with Gasteiger partial charge >= 0.3 is 0 Å². The van der Waals surface area contributed by atoms with Gasteiger partial charge in [0, 0.05) is 31.5 Å². The summed E-state index contributed by atoms with van der Waals surface area (Å²) in [5.41, 5.74) is 3.25. The molecular formula is C15H26N4. The molecule has 2 aromatic rings. The van der Waals surface area contributed by atoms with Crippen LogP contribution in [-0.2, 0) is 7.05 Å². The number of rotatable bonds is 2. The molecule has 4 nitrogen and oxygen atoms in total. The summed E-state index contributed by atoms with van der Waals surface area (Å²) in [7, 11) is 3.78. The SMILES string of the molecule is CC.CC.CNc1cc(-c2cnn(C)c2)cc(C)n1. The number of hydrogen-bond acceptors (Lipinski definition) is 3. The first-order valence-corrected chi connectivity index (χ1v) is 6.84. The van der Waals surface area contributed by atoms with Crippen LogP contribution in [0.3, 0.4) is 0 Å². The Morgan fingerprint density at radius 1 is 1.05 bits per heavy atom. The Labute approximate surface area is 116 Å². The fourth-order valence-corrected chi connectivity index (χ4v) is 1.53. The van der Waals surface area contributed by atoms with Crippen molar-refractivity contribution in [2.24, 2.45) is 7.05 Å². The molecule has 0 fully saturated rings. The van der Waals surface area contributed by atoms with Crippen molar-refractivity contribution in [2.75, 3.05) is 12.4 Å². The van der Waals surface area contributed by atoms with Gasteiger partial charge in [-0.3, -0.25) is 4.68 Å². The summed E-state index contributed by atoms with van der Waals surface area (Å²) in [4.78, 5) is 4.35. The third-order valence-electron chi connectivity index (χ3n) is 2.25. The first kappa shape index (κ1) is 17.2. The molecule has 0 aliphatic rings. The van der Waals surface area contributed by atoms with Crippen molar-refractivity contribution in [1.82, 2.24) is 14.8 Å². The smallest absolute Gasteiger partial charge is 0.126 e. The highest BCUT2D eigenvalue weighted by Crippen LogP contribution is 2.21. The summed E-state index contributed by atoms with van der Waals surface area (Å²) in [5, 5.41) is 7.20. The molecule has 0 amide bonds. The molecule has 0 saturated heterocycles. The standard InChI is InChI=1S/C11H14N4.2C2H6/c1-8-4-9(5-11(12-2)14-8)10-6-13-15(3)7-10;2*1-2/h4-7H,1-3H3,(H,12,14);2*1-2H3. The van der Waals surface area contributed by atoms with Gasteiger partial charge in [0.05, 0.1) is 6.20 Å². The van der Waals surface area contributed by atoms with Crippen LogP contribution in [0.15, 0.2) is 24.5 Å². The second kappa shape index (κ2) is 9.14. The zero-order chi connectivity index (χ0) is 14.8. The predicted molar refractivity (Wildman–Crippen MR) is 83.4 cm³/mol. The molecule has 0 unspecified atom stereocenters. The fraction of sp³-hybridized carbons (Fsp3) is 0.467. The van der Waals surface area contributed by atoms with Crippen LogP contribution >= 0.6 is 0 Å². The minimum Gasteiger partial charge on any atom is -0.373 e. The van der Waals surface area contributed by atoms with E-state index in [0.29, 0.717) is 0 Å². The molecule has 2 aromatic heterocycles. The molecule has 0 aliphatic heterocycles. The van der Waals surface area contributed by atoms with Gasteiger partial charge in [0.25, 0.3) is 0 Å². The summed E-state index contributed by atoms with van der Waals surface area (Å²) in [5.74, 6) is 0.883. The minimum absolute atomic E-state index is 0.883. The van der Waals surface area contributed by atoms with Gasteiger partial charge in [-0.05, 0) is 24.6 Å². The highest BCUT2D eigenvalue weighted by Gasteiger charge is 2.03. The highest BCUT2D eigenvalue weighted by atomic mass is 15.2. The topological polar surface area (TPSA) is 42.7 Å². The van der Waals surface area contributed by atoms with Crippen LogP contribution in [0.4, 0.5) is 5.82 Å². The molecule has 4 heteroatoms. The third kappa shape index (κ3) is 5.12. The molecule has 0 radical (unpaired) electrons. The molecule has 106 valence electrons. The normalized spacial score (nSPS) is 8.79. The lowest BCUT2D eigenvalue weighted by Gasteiger charge is -2.04. The van der Waals surface area contributed by atoms with Crippen LogP contribution in [-0.4, -0.2) is 21.8 Å². The van der Waals surface area contributed by atoms with E-state index in [1.807, 2.05) is 67.2 Å². The predicted octanol–water partition coefficient (Wildman–Crippen LogP) is 3.88. The Morgan fingerprint density at radius 3 is 2.16 bits per heavy atom. The van der Waals surface area contributed by atoms with Crippen LogP contribution in [0.2, 0.25) is 0 Å². The van der Waals surface area contributed by atoms with Crippen LogP contribution in [0.25, 0.3) is 11.1 Å². The van der Waals surface area contributed by atoms with Crippen LogP contribution in [0.1, 0.15) is 33.4 Å². The zero-order valence-electron chi connectivity index (χ0n) is 13.2. The minimum atomic E-state index is 0.883. The molecular weight excluding hydrogens is 236 g/mol. The Morgan fingerprint density at radius 2 is 1.68 bits per heavy atom. The van der Waals surface area contributed by atoms with Gasteiger partial charge in [-0.15, -0.1) is 0 Å². The van der Waals surface area contributed by atoms with Gasteiger partial charge in [-0.2, -0.15) is 5.10 Å². The molecule has 1 N–H and O–H groups in total. The lowest BCUT2D eigenvalue weighted by molar-refractivity contribution is 0.768. The Hall–Kier alpha value is -1.84. The first-order valence-electron chi connectivity index (χ1n) is 6.84. The summed E-state index contributed by atoms with van der Waals surface area (Å²) >= 11 is 0. The number of aryl methyl sites for hydroxylation is 2. The van der Waals surface area contributed by atoms with E-state index in [1.165, 1.54) is 0 Å². The average Bonchev–Trinajstić information content (AvgIpc) is 2.89. The number of nitrogens with zero attached hydrogens (tertiary/aromatic N) is 3. The summed E-state index contributed by atoms with van der Waals surface area (Å²) in [6.45, 7) is 9.99. The molecule has 0 bridgehead atoms. The van der Waals surface area contributed by atoms with Crippen molar-refractivity contribution in [2.45, 2.75) is 34.6 Å². The van der Waals surface area contributed by atoms with E-state index in [4.69, 9.17) is 0 Å². The lowest BCUT2D eigenvalue weighted by Crippen LogP contribution is -1.94. The van der Waals surface area contributed by atoms with E-state index in [9.17, 15) is 0 Å². The molecule has 2 rings (SSSR count). The van der Waals surface area contributed by atoms with Gasteiger partial charge in [0.1, 0.15) is 5.82 Å². The van der Waals surface area contributed by atoms with Crippen molar-refractivity contribution < 1.29 is 0 Å². The second-order valence-corrected chi connectivity index (χ2v) is 3.54. The third-order valence-corrected chi connectivity index (χ3v) is 2.25. The Kier molecular flexibility index (Phi) is 8.25. The second-order valence-electron chi connectivity index (χ2n) is 3.54. The van der Waals surface area contributed by atoms with E-state index in [-0.39, 0.29) is 0 Å². The first-order chi connectivity index (χ1) is 9.19. The maximum absolute atomic E-state index is 4.35. The Bertz CT molecular complexity index is 475. The number of nitrogens with one attached hydrogen (secondary N) is 1. The number of pyridine rings is 1. The molecule has 0 atom stereocenters. The highest BCUT2D eigenvalue weighted by molar-refractivity contribution is 5.65. The van der Waals surface area contributed by atoms with Crippen LogP contribution in [0.5, 0.6) is 0 Å². The largest absolute Gasteiger partial charge is 0.373 e. The molecule has 0 aliphatic carbocycles. The van der Waals surface area contributed by atoms with Crippen molar-refractivity contribution in [1.29, 1.82) is 0 Å². The molecule has 2 heterocycles. The van der Waals surface area contributed by atoms with E-state index < -0.39 is 0 Å². The summed E-state index contributed by atoms with van der Waals surface area (Å²) < 4.78 is 1.80. The number of anilines is 1. The maximum atomic E-state index is 4.35. The van der Waals surface area contributed by atoms with Crippen molar-refractivity contribution in [3.05, 3.63) is 30.2 Å². The lowest BCUT2D eigenvalue weighted by atomic mass is 10.1. The van der Waals surface area contributed by atoms with Crippen molar-refractivity contribution in [3.8, 4) is 11.1 Å². The number of aromatic nitrogens is 3. The average molecular weight is 262 g/mol. The monoisotopic (exact) mass is 262 g/mol. The van der Waals surface area contributed by atoms with Gasteiger partial charge < -0.3 is 5.32 Å².